The predicted octanol–water partition coefficient (Wildman–Crippen LogP) is 0.974. The van der Waals surface area contributed by atoms with E-state index in [2.05, 4.69) is 4.72 Å². The minimum atomic E-state index is -3.77. The van der Waals surface area contributed by atoms with Crippen LogP contribution >= 0.6 is 0 Å². The van der Waals surface area contributed by atoms with Gasteiger partial charge in [0.1, 0.15) is 0 Å². The Balaban J connectivity index is 2.33. The molecule has 1 heterocycles. The third kappa shape index (κ3) is 4.82. The molecule has 0 aliphatic carbocycles. The lowest BCUT2D eigenvalue weighted by molar-refractivity contribution is -0.145. The topological polar surface area (TPSA) is 95.9 Å². The van der Waals surface area contributed by atoms with Gasteiger partial charge in [0.15, 0.2) is 6.10 Å². The zero-order valence-corrected chi connectivity index (χ0v) is 16.5. The smallest absolute Gasteiger partial charge is 0.253 e. The van der Waals surface area contributed by atoms with Crippen molar-refractivity contribution in [3.8, 4) is 0 Å². The summed E-state index contributed by atoms with van der Waals surface area (Å²) in [6, 6.07) is 6.02. The lowest BCUT2D eigenvalue weighted by atomic mass is 10.00. The zero-order valence-electron chi connectivity index (χ0n) is 15.7. The Labute approximate surface area is 155 Å². The number of hydrogen-bond acceptors (Lipinski definition) is 5. The number of morpholine rings is 1. The molecule has 1 fully saturated rings. The number of carbonyl (C=O) groups is 1. The normalized spacial score (nSPS) is 18.4. The highest BCUT2D eigenvalue weighted by Gasteiger charge is 2.38. The molecule has 0 spiro atoms. The Morgan fingerprint density at radius 2 is 1.73 bits per heavy atom. The summed E-state index contributed by atoms with van der Waals surface area (Å²) in [5, 5.41) is 10.7. The average molecular weight is 384 g/mol. The molecule has 146 valence electrons. The number of aliphatic hydroxyl groups is 1. The highest BCUT2D eigenvalue weighted by molar-refractivity contribution is 7.90. The van der Waals surface area contributed by atoms with Gasteiger partial charge in [-0.1, -0.05) is 29.8 Å². The van der Waals surface area contributed by atoms with Gasteiger partial charge in [-0.15, -0.1) is 0 Å². The quantitative estimate of drug-likeness (QED) is 0.789. The Morgan fingerprint density at radius 3 is 2.23 bits per heavy atom. The number of rotatable bonds is 5. The van der Waals surface area contributed by atoms with Gasteiger partial charge >= 0.3 is 0 Å². The molecule has 1 aromatic rings. The lowest BCUT2D eigenvalue weighted by Gasteiger charge is -2.33. The predicted molar refractivity (Wildman–Crippen MR) is 99.1 cm³/mol. The van der Waals surface area contributed by atoms with Gasteiger partial charge in [-0.05, 0) is 33.3 Å². The van der Waals surface area contributed by atoms with Gasteiger partial charge < -0.3 is 14.7 Å². The van der Waals surface area contributed by atoms with Crippen LogP contribution in [0.4, 0.5) is 0 Å². The lowest BCUT2D eigenvalue weighted by Crippen LogP contribution is -2.52. The van der Waals surface area contributed by atoms with Crippen molar-refractivity contribution in [2.45, 2.75) is 44.6 Å². The van der Waals surface area contributed by atoms with E-state index in [0.29, 0.717) is 31.9 Å². The Bertz CT molecular complexity index is 719. The number of nitrogens with zero attached hydrogens (tertiary/aromatic N) is 1. The third-order valence-electron chi connectivity index (χ3n) is 4.42. The van der Waals surface area contributed by atoms with Crippen LogP contribution in [0.3, 0.4) is 0 Å². The van der Waals surface area contributed by atoms with Crippen LogP contribution in [0.25, 0.3) is 0 Å². The van der Waals surface area contributed by atoms with Gasteiger partial charge in [0.05, 0.1) is 24.0 Å². The van der Waals surface area contributed by atoms with E-state index in [-0.39, 0.29) is 0 Å². The summed E-state index contributed by atoms with van der Waals surface area (Å²) in [7, 11) is -3.77. The monoisotopic (exact) mass is 384 g/mol. The molecule has 1 amide bonds. The van der Waals surface area contributed by atoms with Crippen molar-refractivity contribution in [2.75, 3.05) is 26.3 Å². The Kier molecular flexibility index (Phi) is 6.44. The van der Waals surface area contributed by atoms with Crippen LogP contribution < -0.4 is 4.72 Å². The molecule has 1 aliphatic rings. The zero-order chi connectivity index (χ0) is 19.5. The summed E-state index contributed by atoms with van der Waals surface area (Å²) < 4.78 is 32.0. The first-order chi connectivity index (χ1) is 12.0. The second-order valence-corrected chi connectivity index (χ2v) is 9.97. The second kappa shape index (κ2) is 8.04. The fourth-order valence-corrected chi connectivity index (χ4v) is 3.50. The number of amides is 1. The van der Waals surface area contributed by atoms with Gasteiger partial charge in [0.25, 0.3) is 5.91 Å². The first-order valence-electron chi connectivity index (χ1n) is 8.66. The van der Waals surface area contributed by atoms with Crippen LogP contribution in [0.2, 0.25) is 0 Å². The van der Waals surface area contributed by atoms with Crippen molar-refractivity contribution in [2.24, 2.45) is 0 Å². The van der Waals surface area contributed by atoms with Crippen molar-refractivity contribution in [1.29, 1.82) is 0 Å². The number of benzene rings is 1. The molecule has 0 saturated carbocycles. The SMILES string of the molecule is Cc1ccc([C@@H](NS(=O)(=O)C(C)(C)C)[C@H](O)C(=O)N2CCOCC2)cc1. The molecule has 2 rings (SSSR count). The molecule has 2 atom stereocenters. The van der Waals surface area contributed by atoms with Gasteiger partial charge in [0, 0.05) is 13.1 Å². The number of nitrogens with one attached hydrogen (secondary N) is 1. The molecule has 1 aliphatic heterocycles. The molecular formula is C18H28N2O5S. The van der Waals surface area contributed by atoms with Crippen LogP contribution in [0.5, 0.6) is 0 Å². The van der Waals surface area contributed by atoms with Gasteiger partial charge in [-0.2, -0.15) is 0 Å². The Hall–Kier alpha value is -1.48. The molecule has 2 N–H and O–H groups in total. The fraction of sp³-hybridized carbons (Fsp3) is 0.611. The minimum absolute atomic E-state index is 0.378. The first-order valence-corrected chi connectivity index (χ1v) is 10.1. The highest BCUT2D eigenvalue weighted by Crippen LogP contribution is 2.24. The first kappa shape index (κ1) is 20.8. The van der Waals surface area contributed by atoms with E-state index < -0.39 is 32.8 Å². The van der Waals surface area contributed by atoms with Crippen molar-refractivity contribution in [3.05, 3.63) is 35.4 Å². The molecule has 1 saturated heterocycles. The summed E-state index contributed by atoms with van der Waals surface area (Å²) in [5.74, 6) is -0.504. The molecule has 26 heavy (non-hydrogen) atoms. The van der Waals surface area contributed by atoms with Crippen molar-refractivity contribution < 1.29 is 23.1 Å². The maximum absolute atomic E-state index is 12.7. The fourth-order valence-electron chi connectivity index (χ4n) is 2.55. The number of aliphatic hydroxyl groups excluding tert-OH is 1. The average Bonchev–Trinajstić information content (AvgIpc) is 2.59. The van der Waals surface area contributed by atoms with Crippen LogP contribution in [0.1, 0.15) is 37.9 Å². The number of ether oxygens (including phenoxy) is 1. The molecule has 0 unspecified atom stereocenters. The molecule has 7 nitrogen and oxygen atoms in total. The van der Waals surface area contributed by atoms with Crippen LogP contribution in [-0.4, -0.2) is 61.5 Å². The van der Waals surface area contributed by atoms with Crippen LogP contribution in [-0.2, 0) is 19.6 Å². The van der Waals surface area contributed by atoms with Crippen LogP contribution in [0, 0.1) is 6.92 Å². The van der Waals surface area contributed by atoms with Gasteiger partial charge in [0.2, 0.25) is 10.0 Å². The van der Waals surface area contributed by atoms with E-state index in [1.807, 2.05) is 19.1 Å². The summed E-state index contributed by atoms with van der Waals surface area (Å²) >= 11 is 0. The number of hydrogen-bond donors (Lipinski definition) is 2. The molecular weight excluding hydrogens is 356 g/mol. The summed E-state index contributed by atoms with van der Waals surface area (Å²) in [6.07, 6.45) is -1.52. The molecule has 0 radical (unpaired) electrons. The van der Waals surface area contributed by atoms with E-state index in [4.69, 9.17) is 4.74 Å². The Morgan fingerprint density at radius 1 is 1.19 bits per heavy atom. The van der Waals surface area contributed by atoms with E-state index in [9.17, 15) is 18.3 Å². The van der Waals surface area contributed by atoms with Crippen molar-refractivity contribution >= 4 is 15.9 Å². The summed E-state index contributed by atoms with van der Waals surface area (Å²) in [6.45, 7) is 8.17. The number of sulfonamides is 1. The van der Waals surface area contributed by atoms with Crippen molar-refractivity contribution in [3.63, 3.8) is 0 Å². The molecule has 0 aromatic heterocycles. The second-order valence-electron chi connectivity index (χ2n) is 7.50. The third-order valence-corrected chi connectivity index (χ3v) is 6.59. The highest BCUT2D eigenvalue weighted by atomic mass is 32.2. The molecule has 8 heteroatoms. The summed E-state index contributed by atoms with van der Waals surface area (Å²) in [4.78, 5) is 14.2. The van der Waals surface area contributed by atoms with E-state index in [1.54, 1.807) is 32.9 Å². The standard InChI is InChI=1S/C18H28N2O5S/c1-13-5-7-14(8-6-13)15(19-26(23,24)18(2,3)4)16(21)17(22)20-9-11-25-12-10-20/h5-8,15-16,19,21H,9-12H2,1-4H3/t15-,16+/m1/s1. The molecule has 0 bridgehead atoms. The maximum atomic E-state index is 12.7. The maximum Gasteiger partial charge on any atom is 0.253 e. The minimum Gasteiger partial charge on any atom is -0.381 e. The van der Waals surface area contributed by atoms with E-state index in [0.717, 1.165) is 5.56 Å². The van der Waals surface area contributed by atoms with Gasteiger partial charge in [-0.3, -0.25) is 4.79 Å². The van der Waals surface area contributed by atoms with Crippen LogP contribution in [0.15, 0.2) is 24.3 Å². The summed E-state index contributed by atoms with van der Waals surface area (Å²) in [5.41, 5.74) is 1.54. The van der Waals surface area contributed by atoms with Gasteiger partial charge in [-0.25, -0.2) is 13.1 Å². The number of aryl methyl sites for hydroxylation is 1. The van der Waals surface area contributed by atoms with Crippen molar-refractivity contribution in [1.82, 2.24) is 9.62 Å². The molecule has 1 aromatic carbocycles. The number of carbonyl (C=O) groups excluding carboxylic acids is 1. The van der Waals surface area contributed by atoms with E-state index in [1.165, 1.54) is 4.90 Å². The largest absolute Gasteiger partial charge is 0.381 e. The van der Waals surface area contributed by atoms with E-state index >= 15 is 0 Å².